The van der Waals surface area contributed by atoms with Crippen molar-refractivity contribution in [2.45, 2.75) is 25.8 Å². The van der Waals surface area contributed by atoms with E-state index in [1.54, 1.807) is 6.07 Å². The third-order valence-electron chi connectivity index (χ3n) is 5.30. The van der Waals surface area contributed by atoms with Crippen LogP contribution in [0.3, 0.4) is 0 Å². The van der Waals surface area contributed by atoms with Gasteiger partial charge in [-0.3, -0.25) is 4.68 Å². The van der Waals surface area contributed by atoms with Gasteiger partial charge in [0.1, 0.15) is 11.3 Å². The molecular weight excluding hydrogens is 341 g/mol. The first-order valence-electron chi connectivity index (χ1n) is 9.30. The summed E-state index contributed by atoms with van der Waals surface area (Å²) in [5.41, 5.74) is 3.13. The van der Waals surface area contributed by atoms with Crippen molar-refractivity contribution in [3.05, 3.63) is 54.4 Å². The van der Waals surface area contributed by atoms with Gasteiger partial charge in [-0.1, -0.05) is 6.07 Å². The lowest BCUT2D eigenvalue weighted by Gasteiger charge is -2.22. The van der Waals surface area contributed by atoms with E-state index in [0.29, 0.717) is 11.6 Å². The molecule has 2 aromatic carbocycles. The van der Waals surface area contributed by atoms with Crippen molar-refractivity contribution >= 4 is 21.8 Å². The quantitative estimate of drug-likeness (QED) is 0.586. The standard InChI is InChI=1S/C21H20FN5/c1-13-24-11-16-8-14(2-3-20(16)25-13)15-9-17-12-27(18-4-6-23-7-5-18)26-21(17)19(22)10-15/h2-3,8-12,18,23H,4-7H2,1H3. The van der Waals surface area contributed by atoms with Crippen molar-refractivity contribution in [2.75, 3.05) is 13.1 Å². The normalized spacial score (nSPS) is 15.6. The van der Waals surface area contributed by atoms with Gasteiger partial charge in [0.2, 0.25) is 0 Å². The lowest BCUT2D eigenvalue weighted by atomic mass is 10.0. The summed E-state index contributed by atoms with van der Waals surface area (Å²) in [5.74, 6) is 0.462. The zero-order valence-electron chi connectivity index (χ0n) is 15.1. The maximum Gasteiger partial charge on any atom is 0.151 e. The number of hydrogen-bond acceptors (Lipinski definition) is 4. The molecule has 4 aromatic rings. The Balaban J connectivity index is 1.58. The summed E-state index contributed by atoms with van der Waals surface area (Å²) in [7, 11) is 0. The van der Waals surface area contributed by atoms with E-state index in [1.807, 2.05) is 48.3 Å². The Morgan fingerprint density at radius 3 is 2.74 bits per heavy atom. The lowest BCUT2D eigenvalue weighted by molar-refractivity contribution is 0.344. The zero-order chi connectivity index (χ0) is 18.4. The smallest absolute Gasteiger partial charge is 0.151 e. The molecule has 3 heterocycles. The highest BCUT2D eigenvalue weighted by atomic mass is 19.1. The Kier molecular flexibility index (Phi) is 3.86. The summed E-state index contributed by atoms with van der Waals surface area (Å²) in [6, 6.07) is 9.86. The molecule has 1 N–H and O–H groups in total. The molecule has 136 valence electrons. The SMILES string of the molecule is Cc1ncc2cc(-c3cc(F)c4nn(C5CCNCC5)cc4c3)ccc2n1. The van der Waals surface area contributed by atoms with Gasteiger partial charge in [0, 0.05) is 23.2 Å². The number of nitrogens with zero attached hydrogens (tertiary/aromatic N) is 4. The molecule has 1 aliphatic heterocycles. The summed E-state index contributed by atoms with van der Waals surface area (Å²) >= 11 is 0. The number of aryl methyl sites for hydroxylation is 1. The van der Waals surface area contributed by atoms with Crippen molar-refractivity contribution in [3.63, 3.8) is 0 Å². The monoisotopic (exact) mass is 361 g/mol. The van der Waals surface area contributed by atoms with Crippen LogP contribution in [0.1, 0.15) is 24.7 Å². The van der Waals surface area contributed by atoms with Gasteiger partial charge >= 0.3 is 0 Å². The van der Waals surface area contributed by atoms with E-state index in [4.69, 9.17) is 0 Å². The van der Waals surface area contributed by atoms with Crippen molar-refractivity contribution in [1.29, 1.82) is 0 Å². The molecule has 0 radical (unpaired) electrons. The molecule has 6 heteroatoms. The fourth-order valence-corrected chi connectivity index (χ4v) is 3.84. The van der Waals surface area contributed by atoms with Crippen LogP contribution in [0.5, 0.6) is 0 Å². The number of halogens is 1. The van der Waals surface area contributed by atoms with Crippen LogP contribution in [0.2, 0.25) is 0 Å². The molecule has 0 atom stereocenters. The van der Waals surface area contributed by atoms with Gasteiger partial charge in [0.15, 0.2) is 5.82 Å². The van der Waals surface area contributed by atoms with Crippen molar-refractivity contribution in [1.82, 2.24) is 25.1 Å². The average Bonchev–Trinajstić information content (AvgIpc) is 3.13. The largest absolute Gasteiger partial charge is 0.317 e. The first-order valence-corrected chi connectivity index (χ1v) is 9.30. The summed E-state index contributed by atoms with van der Waals surface area (Å²) in [5, 5.41) is 9.66. The molecule has 1 saturated heterocycles. The number of aromatic nitrogens is 4. The van der Waals surface area contributed by atoms with Crippen molar-refractivity contribution < 1.29 is 4.39 Å². The van der Waals surface area contributed by atoms with Gasteiger partial charge in [-0.25, -0.2) is 14.4 Å². The van der Waals surface area contributed by atoms with Gasteiger partial charge in [0.25, 0.3) is 0 Å². The number of piperidine rings is 1. The number of hydrogen-bond donors (Lipinski definition) is 1. The van der Waals surface area contributed by atoms with E-state index in [-0.39, 0.29) is 5.82 Å². The van der Waals surface area contributed by atoms with E-state index >= 15 is 0 Å². The zero-order valence-corrected chi connectivity index (χ0v) is 15.1. The van der Waals surface area contributed by atoms with E-state index < -0.39 is 0 Å². The number of fused-ring (bicyclic) bond motifs is 2. The second-order valence-electron chi connectivity index (χ2n) is 7.18. The van der Waals surface area contributed by atoms with Crippen LogP contribution < -0.4 is 5.32 Å². The predicted octanol–water partition coefficient (Wildman–Crippen LogP) is 4.02. The van der Waals surface area contributed by atoms with Crippen molar-refractivity contribution in [2.24, 2.45) is 0 Å². The van der Waals surface area contributed by atoms with Crippen LogP contribution in [-0.4, -0.2) is 32.8 Å². The van der Waals surface area contributed by atoms with Crippen LogP contribution in [0.4, 0.5) is 4.39 Å². The molecular formula is C21H20FN5. The third-order valence-corrected chi connectivity index (χ3v) is 5.30. The molecule has 5 nitrogen and oxygen atoms in total. The molecule has 27 heavy (non-hydrogen) atoms. The highest BCUT2D eigenvalue weighted by molar-refractivity contribution is 5.88. The lowest BCUT2D eigenvalue weighted by Crippen LogP contribution is -2.29. The van der Waals surface area contributed by atoms with Crippen molar-refractivity contribution in [3.8, 4) is 11.1 Å². The molecule has 1 aliphatic rings. The Hall–Kier alpha value is -2.86. The molecule has 0 unspecified atom stereocenters. The molecule has 2 aromatic heterocycles. The Bertz CT molecular complexity index is 1140. The minimum absolute atomic E-state index is 0.282. The minimum atomic E-state index is -0.282. The van der Waals surface area contributed by atoms with Crippen LogP contribution in [-0.2, 0) is 0 Å². The number of rotatable bonds is 2. The highest BCUT2D eigenvalue weighted by Gasteiger charge is 2.18. The van der Waals surface area contributed by atoms with Crippen LogP contribution in [0.25, 0.3) is 32.9 Å². The predicted molar refractivity (Wildman–Crippen MR) is 104 cm³/mol. The fraction of sp³-hybridized carbons (Fsp3) is 0.286. The topological polar surface area (TPSA) is 55.6 Å². The molecule has 0 saturated carbocycles. The molecule has 0 spiro atoms. The highest BCUT2D eigenvalue weighted by Crippen LogP contribution is 2.30. The van der Waals surface area contributed by atoms with E-state index in [0.717, 1.165) is 59.2 Å². The van der Waals surface area contributed by atoms with E-state index in [2.05, 4.69) is 20.4 Å². The Morgan fingerprint density at radius 2 is 1.89 bits per heavy atom. The van der Waals surface area contributed by atoms with Crippen LogP contribution in [0, 0.1) is 12.7 Å². The summed E-state index contributed by atoms with van der Waals surface area (Å²) in [6.07, 6.45) is 5.83. The summed E-state index contributed by atoms with van der Waals surface area (Å²) < 4.78 is 16.7. The molecule has 5 rings (SSSR count). The first-order chi connectivity index (χ1) is 13.2. The molecule has 0 bridgehead atoms. The minimum Gasteiger partial charge on any atom is -0.317 e. The fourth-order valence-electron chi connectivity index (χ4n) is 3.84. The van der Waals surface area contributed by atoms with Gasteiger partial charge in [-0.15, -0.1) is 0 Å². The maximum absolute atomic E-state index is 14.8. The molecule has 1 fully saturated rings. The van der Waals surface area contributed by atoms with E-state index in [9.17, 15) is 4.39 Å². The third kappa shape index (κ3) is 2.96. The Labute approximate surface area is 156 Å². The summed E-state index contributed by atoms with van der Waals surface area (Å²) in [6.45, 7) is 3.83. The second kappa shape index (κ2) is 6.39. The summed E-state index contributed by atoms with van der Waals surface area (Å²) in [4.78, 5) is 8.69. The van der Waals surface area contributed by atoms with Gasteiger partial charge in [-0.2, -0.15) is 5.10 Å². The second-order valence-corrected chi connectivity index (χ2v) is 7.18. The average molecular weight is 361 g/mol. The Morgan fingerprint density at radius 1 is 1.07 bits per heavy atom. The van der Waals surface area contributed by atoms with Gasteiger partial charge in [-0.05, 0) is 68.2 Å². The maximum atomic E-state index is 14.8. The van der Waals surface area contributed by atoms with Gasteiger partial charge < -0.3 is 5.32 Å². The van der Waals surface area contributed by atoms with Crippen LogP contribution >= 0.6 is 0 Å². The van der Waals surface area contributed by atoms with Gasteiger partial charge in [0.05, 0.1) is 11.6 Å². The van der Waals surface area contributed by atoms with E-state index in [1.165, 1.54) is 0 Å². The first kappa shape index (κ1) is 16.3. The number of benzene rings is 2. The van der Waals surface area contributed by atoms with Crippen LogP contribution in [0.15, 0.2) is 42.7 Å². The molecule has 0 aliphatic carbocycles. The number of nitrogens with one attached hydrogen (secondary N) is 1. The molecule has 0 amide bonds.